The third kappa shape index (κ3) is 2.74. The highest BCUT2D eigenvalue weighted by Crippen LogP contribution is 2.39. The first-order valence-electron chi connectivity index (χ1n) is 7.92. The lowest BCUT2D eigenvalue weighted by molar-refractivity contribution is -0.123. The molecular formula is C17H19ClFN3O2. The fraction of sp³-hybridized carbons (Fsp3) is 0.471. The quantitative estimate of drug-likeness (QED) is 0.487. The van der Waals surface area contributed by atoms with Crippen molar-refractivity contribution in [1.82, 2.24) is 15.6 Å². The van der Waals surface area contributed by atoms with Crippen LogP contribution in [0.25, 0.3) is 0 Å². The summed E-state index contributed by atoms with van der Waals surface area (Å²) in [5, 5.41) is 5.41. The number of carbonyl (C=O) groups excluding carboxylic acids is 2. The predicted molar refractivity (Wildman–Crippen MR) is 88.3 cm³/mol. The first-order valence-corrected chi connectivity index (χ1v) is 8.30. The Hall–Kier alpha value is -1.79. The van der Waals surface area contributed by atoms with E-state index in [1.54, 1.807) is 0 Å². The molecule has 5 nitrogen and oxygen atoms in total. The van der Waals surface area contributed by atoms with Crippen molar-refractivity contribution in [2.75, 3.05) is 6.54 Å². The minimum atomic E-state index is -0.770. The van der Waals surface area contributed by atoms with E-state index in [0.29, 0.717) is 0 Å². The Morgan fingerprint density at radius 2 is 2.08 bits per heavy atom. The van der Waals surface area contributed by atoms with Crippen molar-refractivity contribution in [3.8, 4) is 0 Å². The summed E-state index contributed by atoms with van der Waals surface area (Å²) in [6, 6.07) is 1.09. The van der Waals surface area contributed by atoms with Crippen molar-refractivity contribution in [2.45, 2.75) is 32.7 Å². The molecule has 0 saturated carbocycles. The molecule has 0 spiro atoms. The van der Waals surface area contributed by atoms with E-state index < -0.39 is 23.5 Å². The molecule has 24 heavy (non-hydrogen) atoms. The first kappa shape index (κ1) is 17.0. The van der Waals surface area contributed by atoms with Crippen molar-refractivity contribution in [3.05, 3.63) is 39.9 Å². The van der Waals surface area contributed by atoms with E-state index in [2.05, 4.69) is 29.5 Å². The Kier molecular flexibility index (Phi) is 4.44. The van der Waals surface area contributed by atoms with E-state index in [-0.39, 0.29) is 34.3 Å². The highest BCUT2D eigenvalue weighted by atomic mass is 35.5. The van der Waals surface area contributed by atoms with Crippen molar-refractivity contribution in [1.29, 1.82) is 0 Å². The highest BCUT2D eigenvalue weighted by molar-refractivity contribution is 6.29. The maximum absolute atomic E-state index is 13.7. The van der Waals surface area contributed by atoms with Gasteiger partial charge in [0.2, 0.25) is 5.91 Å². The van der Waals surface area contributed by atoms with E-state index >= 15 is 0 Å². The zero-order chi connectivity index (χ0) is 17.6. The minimum Gasteiger partial charge on any atom is -0.310 e. The van der Waals surface area contributed by atoms with Gasteiger partial charge in [-0.1, -0.05) is 37.1 Å². The number of hydrogen-bond donors (Lipinski definition) is 2. The van der Waals surface area contributed by atoms with Gasteiger partial charge in [0.1, 0.15) is 0 Å². The zero-order valence-corrected chi connectivity index (χ0v) is 14.4. The van der Waals surface area contributed by atoms with E-state index in [4.69, 9.17) is 11.6 Å². The van der Waals surface area contributed by atoms with Gasteiger partial charge in [-0.25, -0.2) is 9.37 Å². The number of rotatable bonds is 2. The van der Waals surface area contributed by atoms with Gasteiger partial charge in [-0.05, 0) is 18.9 Å². The number of fused-ring (bicyclic) bond motifs is 1. The van der Waals surface area contributed by atoms with Crippen LogP contribution in [0.2, 0.25) is 5.15 Å². The van der Waals surface area contributed by atoms with Gasteiger partial charge in [0.25, 0.3) is 5.91 Å². The lowest BCUT2D eigenvalue weighted by Gasteiger charge is -2.40. The first-order chi connectivity index (χ1) is 11.3. The molecule has 0 fully saturated rings. The topological polar surface area (TPSA) is 71.1 Å². The summed E-state index contributed by atoms with van der Waals surface area (Å²) in [6.45, 7) is 6.83. The molecule has 7 heteroatoms. The maximum Gasteiger partial charge on any atom is 0.259 e. The summed E-state index contributed by atoms with van der Waals surface area (Å²) in [7, 11) is 0. The summed E-state index contributed by atoms with van der Waals surface area (Å²) in [4.78, 5) is 28.7. The number of nitrogens with zero attached hydrogens (tertiary/aromatic N) is 1. The maximum atomic E-state index is 13.7. The average Bonchev–Trinajstić information content (AvgIpc) is 2.50. The molecule has 2 N–H and O–H groups in total. The van der Waals surface area contributed by atoms with Crippen LogP contribution in [0.5, 0.6) is 0 Å². The van der Waals surface area contributed by atoms with Crippen LogP contribution in [0, 0.1) is 17.7 Å². The molecule has 1 aromatic rings. The zero-order valence-electron chi connectivity index (χ0n) is 13.7. The Balaban J connectivity index is 2.16. The summed E-state index contributed by atoms with van der Waals surface area (Å²) in [6.07, 6.45) is 2.03. The van der Waals surface area contributed by atoms with Crippen LogP contribution in [0.15, 0.2) is 17.7 Å². The second kappa shape index (κ2) is 6.26. The van der Waals surface area contributed by atoms with Crippen LogP contribution >= 0.6 is 11.6 Å². The van der Waals surface area contributed by atoms with Crippen LogP contribution in [0.1, 0.15) is 42.7 Å². The second-order valence-electron chi connectivity index (χ2n) is 6.64. The van der Waals surface area contributed by atoms with E-state index in [0.717, 1.165) is 18.2 Å². The standard InChI is InChI=1S/C17H19ClFN3O2/c1-7(2)13-11(8(3)4-5-20-13)12-14-9(16(23)22-17(12)24)6-10(19)15(18)21-14/h4,6-7,11-13,20H,5H2,1-3H3,(H,22,23,24)/t11-,12?,13?/m1/s1. The molecule has 128 valence electrons. The third-order valence-electron chi connectivity index (χ3n) is 4.79. The molecule has 0 aromatic carbocycles. The monoisotopic (exact) mass is 351 g/mol. The normalized spacial score (nSPS) is 26.9. The molecule has 1 aromatic heterocycles. The second-order valence-corrected chi connectivity index (χ2v) is 7.00. The molecule has 2 aliphatic rings. The van der Waals surface area contributed by atoms with Gasteiger partial charge in [0.15, 0.2) is 11.0 Å². The Bertz CT molecular complexity index is 748. The number of pyridine rings is 1. The van der Waals surface area contributed by atoms with Crippen molar-refractivity contribution in [2.24, 2.45) is 11.8 Å². The molecule has 0 radical (unpaired) electrons. The molecule has 0 saturated heterocycles. The lowest BCUT2D eigenvalue weighted by atomic mass is 9.71. The smallest absolute Gasteiger partial charge is 0.259 e. The van der Waals surface area contributed by atoms with Gasteiger partial charge >= 0.3 is 0 Å². The lowest BCUT2D eigenvalue weighted by Crippen LogP contribution is -2.52. The highest BCUT2D eigenvalue weighted by Gasteiger charge is 2.44. The number of nitrogens with one attached hydrogen (secondary N) is 2. The Morgan fingerprint density at radius 1 is 1.38 bits per heavy atom. The minimum absolute atomic E-state index is 0.0393. The molecule has 3 rings (SSSR count). The Morgan fingerprint density at radius 3 is 2.75 bits per heavy atom. The van der Waals surface area contributed by atoms with Gasteiger partial charge in [-0.15, -0.1) is 0 Å². The van der Waals surface area contributed by atoms with E-state index in [1.807, 2.05) is 13.0 Å². The van der Waals surface area contributed by atoms with Crippen LogP contribution in [-0.4, -0.2) is 29.4 Å². The third-order valence-corrected chi connectivity index (χ3v) is 5.05. The van der Waals surface area contributed by atoms with Gasteiger partial charge in [-0.2, -0.15) is 0 Å². The van der Waals surface area contributed by atoms with Crippen molar-refractivity contribution in [3.63, 3.8) is 0 Å². The number of aromatic nitrogens is 1. The number of carbonyl (C=O) groups is 2. The summed E-state index contributed by atoms with van der Waals surface area (Å²) in [5.74, 6) is -2.43. The largest absolute Gasteiger partial charge is 0.310 e. The number of imide groups is 1. The molecule has 2 amide bonds. The van der Waals surface area contributed by atoms with Crippen LogP contribution in [0.4, 0.5) is 4.39 Å². The SMILES string of the molecule is CC1=CCNC(C(C)C)[C@H]1C1C(=O)NC(=O)c2cc(F)c(Cl)nc21. The van der Waals surface area contributed by atoms with Crippen molar-refractivity contribution >= 4 is 23.4 Å². The van der Waals surface area contributed by atoms with E-state index in [1.165, 1.54) is 0 Å². The summed E-state index contributed by atoms with van der Waals surface area (Å²) < 4.78 is 13.7. The fourth-order valence-corrected chi connectivity index (χ4v) is 3.78. The van der Waals surface area contributed by atoms with E-state index in [9.17, 15) is 14.0 Å². The fourth-order valence-electron chi connectivity index (χ4n) is 3.64. The van der Waals surface area contributed by atoms with Crippen LogP contribution in [-0.2, 0) is 4.79 Å². The number of halogens is 2. The number of amides is 2. The molecule has 3 heterocycles. The molecule has 0 bridgehead atoms. The predicted octanol–water partition coefficient (Wildman–Crippen LogP) is 2.42. The van der Waals surface area contributed by atoms with Gasteiger partial charge in [0, 0.05) is 18.5 Å². The van der Waals surface area contributed by atoms with Gasteiger partial charge < -0.3 is 5.32 Å². The molecule has 2 unspecified atom stereocenters. The van der Waals surface area contributed by atoms with Gasteiger partial charge in [0.05, 0.1) is 17.2 Å². The number of hydrogen-bond acceptors (Lipinski definition) is 4. The molecule has 3 atom stereocenters. The summed E-state index contributed by atoms with van der Waals surface area (Å²) >= 11 is 5.82. The molecule has 2 aliphatic heterocycles. The Labute approximate surface area is 144 Å². The van der Waals surface area contributed by atoms with Crippen LogP contribution < -0.4 is 10.6 Å². The van der Waals surface area contributed by atoms with Crippen molar-refractivity contribution < 1.29 is 14.0 Å². The van der Waals surface area contributed by atoms with Crippen LogP contribution in [0.3, 0.4) is 0 Å². The summed E-state index contributed by atoms with van der Waals surface area (Å²) in [5.41, 5.74) is 1.37. The molecular weight excluding hydrogens is 333 g/mol. The average molecular weight is 352 g/mol. The van der Waals surface area contributed by atoms with Gasteiger partial charge in [-0.3, -0.25) is 14.9 Å². The molecule has 0 aliphatic carbocycles.